The predicted molar refractivity (Wildman–Crippen MR) is 58.1 cm³/mol. The van der Waals surface area contributed by atoms with Gasteiger partial charge in [-0.1, -0.05) is 0 Å². The van der Waals surface area contributed by atoms with Gasteiger partial charge in [0, 0.05) is 5.56 Å². The molecule has 0 saturated heterocycles. The van der Waals surface area contributed by atoms with Gasteiger partial charge in [0.15, 0.2) is 0 Å². The molecule has 0 heterocycles. The van der Waals surface area contributed by atoms with Crippen LogP contribution in [-0.4, -0.2) is 24.5 Å². The molecule has 0 fully saturated rings. The van der Waals surface area contributed by atoms with Crippen molar-refractivity contribution in [1.82, 2.24) is 0 Å². The standard InChI is InChI=1S/C11H10F6N2O/c12-8-2-6(1-7(3-8)9(18)19)4-20-5-10(13,14)11(15,16)17/h1-3H,4-5H2,(H3,18,19). The highest BCUT2D eigenvalue weighted by Crippen LogP contribution is 2.35. The van der Waals surface area contributed by atoms with E-state index < -0.39 is 37.0 Å². The molecule has 9 heteroatoms. The highest BCUT2D eigenvalue weighted by atomic mass is 19.4. The van der Waals surface area contributed by atoms with Gasteiger partial charge in [0.05, 0.1) is 6.61 Å². The van der Waals surface area contributed by atoms with Crippen molar-refractivity contribution in [1.29, 1.82) is 5.41 Å². The molecule has 0 bridgehead atoms. The van der Waals surface area contributed by atoms with Crippen LogP contribution < -0.4 is 5.73 Å². The Labute approximate surface area is 109 Å². The van der Waals surface area contributed by atoms with Crippen LogP contribution in [0.25, 0.3) is 0 Å². The average Bonchev–Trinajstić information content (AvgIpc) is 2.26. The van der Waals surface area contributed by atoms with Crippen molar-refractivity contribution in [3.05, 3.63) is 35.1 Å². The topological polar surface area (TPSA) is 59.1 Å². The lowest BCUT2D eigenvalue weighted by Crippen LogP contribution is -2.40. The van der Waals surface area contributed by atoms with Gasteiger partial charge in [-0.2, -0.15) is 22.0 Å². The Morgan fingerprint density at radius 3 is 2.25 bits per heavy atom. The number of hydrogen-bond donors (Lipinski definition) is 2. The fourth-order valence-electron chi connectivity index (χ4n) is 1.27. The van der Waals surface area contributed by atoms with E-state index in [0.717, 1.165) is 18.2 Å². The Balaban J connectivity index is 2.70. The zero-order valence-corrected chi connectivity index (χ0v) is 9.90. The number of halogens is 6. The molecule has 0 saturated carbocycles. The molecule has 0 amide bonds. The highest BCUT2D eigenvalue weighted by Gasteiger charge is 2.57. The molecule has 0 spiro atoms. The maximum Gasteiger partial charge on any atom is 0.455 e. The maximum atomic E-state index is 13.1. The maximum absolute atomic E-state index is 13.1. The van der Waals surface area contributed by atoms with Gasteiger partial charge in [0.2, 0.25) is 0 Å². The predicted octanol–water partition coefficient (Wildman–Crippen LogP) is 2.82. The van der Waals surface area contributed by atoms with Crippen molar-refractivity contribution in [2.45, 2.75) is 18.7 Å². The second-order valence-electron chi connectivity index (χ2n) is 3.96. The summed E-state index contributed by atoms with van der Waals surface area (Å²) in [6.45, 7) is -2.54. The second-order valence-corrected chi connectivity index (χ2v) is 3.96. The number of nitrogens with one attached hydrogen (secondary N) is 1. The van der Waals surface area contributed by atoms with E-state index in [1.807, 2.05) is 0 Å². The van der Waals surface area contributed by atoms with Crippen molar-refractivity contribution < 1.29 is 31.1 Å². The summed E-state index contributed by atoms with van der Waals surface area (Å²) in [6.07, 6.45) is -5.71. The average molecular weight is 300 g/mol. The number of nitrogens with two attached hydrogens (primary N) is 1. The fourth-order valence-corrected chi connectivity index (χ4v) is 1.27. The SMILES string of the molecule is N=C(N)c1cc(F)cc(COCC(F)(F)C(F)(F)F)c1. The summed E-state index contributed by atoms with van der Waals surface area (Å²) < 4.78 is 78.0. The summed E-state index contributed by atoms with van der Waals surface area (Å²) in [4.78, 5) is 0. The van der Waals surface area contributed by atoms with Gasteiger partial charge in [-0.25, -0.2) is 4.39 Å². The first-order valence-electron chi connectivity index (χ1n) is 5.19. The summed E-state index contributed by atoms with van der Waals surface area (Å²) in [5, 5.41) is 7.09. The fraction of sp³-hybridized carbons (Fsp3) is 0.364. The number of nitrogen functional groups attached to an aromatic ring is 1. The third kappa shape index (κ3) is 4.12. The zero-order chi connectivity index (χ0) is 15.6. The molecule has 0 aromatic heterocycles. The van der Waals surface area contributed by atoms with Crippen LogP contribution in [0.5, 0.6) is 0 Å². The molecule has 3 N–H and O–H groups in total. The number of alkyl halides is 5. The van der Waals surface area contributed by atoms with E-state index in [9.17, 15) is 26.3 Å². The van der Waals surface area contributed by atoms with Crippen LogP contribution in [0.4, 0.5) is 26.3 Å². The van der Waals surface area contributed by atoms with E-state index in [2.05, 4.69) is 4.74 Å². The Hall–Kier alpha value is -1.77. The van der Waals surface area contributed by atoms with Crippen molar-refractivity contribution in [2.75, 3.05) is 6.61 Å². The smallest absolute Gasteiger partial charge is 0.384 e. The van der Waals surface area contributed by atoms with Gasteiger partial charge >= 0.3 is 12.1 Å². The molecule has 112 valence electrons. The van der Waals surface area contributed by atoms with Gasteiger partial charge < -0.3 is 10.5 Å². The van der Waals surface area contributed by atoms with Crippen LogP contribution in [0.1, 0.15) is 11.1 Å². The van der Waals surface area contributed by atoms with E-state index >= 15 is 0 Å². The molecule has 0 aliphatic carbocycles. The molecule has 3 nitrogen and oxygen atoms in total. The van der Waals surface area contributed by atoms with Gasteiger partial charge in [-0.05, 0) is 23.8 Å². The molecular formula is C11H10F6N2O. The van der Waals surface area contributed by atoms with Crippen molar-refractivity contribution >= 4 is 5.84 Å². The normalized spacial score (nSPS) is 12.5. The lowest BCUT2D eigenvalue weighted by atomic mass is 10.1. The Bertz CT molecular complexity index is 500. The minimum absolute atomic E-state index is 0.00632. The molecule has 1 aromatic rings. The van der Waals surface area contributed by atoms with Crippen molar-refractivity contribution in [2.24, 2.45) is 5.73 Å². The minimum atomic E-state index is -5.71. The molecule has 20 heavy (non-hydrogen) atoms. The highest BCUT2D eigenvalue weighted by molar-refractivity contribution is 5.95. The molecule has 0 aliphatic heterocycles. The lowest BCUT2D eigenvalue weighted by Gasteiger charge is -2.19. The number of ether oxygens (including phenoxy) is 1. The summed E-state index contributed by atoms with van der Waals surface area (Å²) in [6, 6.07) is 2.98. The number of benzene rings is 1. The molecule has 0 radical (unpaired) electrons. The summed E-state index contributed by atoms with van der Waals surface area (Å²) in [5.74, 6) is -6.26. The summed E-state index contributed by atoms with van der Waals surface area (Å²) >= 11 is 0. The molecule has 1 aromatic carbocycles. The van der Waals surface area contributed by atoms with Crippen LogP contribution in [0, 0.1) is 11.2 Å². The zero-order valence-electron chi connectivity index (χ0n) is 9.90. The minimum Gasteiger partial charge on any atom is -0.384 e. The Morgan fingerprint density at radius 1 is 1.15 bits per heavy atom. The van der Waals surface area contributed by atoms with Gasteiger partial charge in [-0.3, -0.25) is 5.41 Å². The second kappa shape index (κ2) is 5.70. The first-order chi connectivity index (χ1) is 9.03. The third-order valence-corrected chi connectivity index (χ3v) is 2.24. The van der Waals surface area contributed by atoms with Crippen LogP contribution >= 0.6 is 0 Å². The van der Waals surface area contributed by atoms with E-state index in [1.54, 1.807) is 0 Å². The van der Waals surface area contributed by atoms with Gasteiger partial charge in [0.1, 0.15) is 18.3 Å². The first kappa shape index (κ1) is 16.3. The van der Waals surface area contributed by atoms with Crippen molar-refractivity contribution in [3.8, 4) is 0 Å². The Morgan fingerprint density at radius 2 is 1.75 bits per heavy atom. The Kier molecular flexibility index (Phi) is 4.64. The molecular weight excluding hydrogens is 290 g/mol. The van der Waals surface area contributed by atoms with Gasteiger partial charge in [-0.15, -0.1) is 0 Å². The number of hydrogen-bond acceptors (Lipinski definition) is 2. The van der Waals surface area contributed by atoms with E-state index in [4.69, 9.17) is 11.1 Å². The molecule has 1 rings (SSSR count). The quantitative estimate of drug-likeness (QED) is 0.499. The molecule has 0 atom stereocenters. The van der Waals surface area contributed by atoms with E-state index in [1.165, 1.54) is 0 Å². The summed E-state index contributed by atoms with van der Waals surface area (Å²) in [5.41, 5.74) is 5.09. The van der Waals surface area contributed by atoms with Crippen LogP contribution in [0.15, 0.2) is 18.2 Å². The third-order valence-electron chi connectivity index (χ3n) is 2.24. The van der Waals surface area contributed by atoms with Crippen LogP contribution in [0.2, 0.25) is 0 Å². The number of amidine groups is 1. The van der Waals surface area contributed by atoms with Crippen LogP contribution in [0.3, 0.4) is 0 Å². The van der Waals surface area contributed by atoms with Crippen LogP contribution in [-0.2, 0) is 11.3 Å². The van der Waals surface area contributed by atoms with Gasteiger partial charge in [0.25, 0.3) is 0 Å². The lowest BCUT2D eigenvalue weighted by molar-refractivity contribution is -0.297. The van der Waals surface area contributed by atoms with E-state index in [-0.39, 0.29) is 11.1 Å². The first-order valence-corrected chi connectivity index (χ1v) is 5.19. The summed E-state index contributed by atoms with van der Waals surface area (Å²) in [7, 11) is 0. The largest absolute Gasteiger partial charge is 0.455 e. The monoisotopic (exact) mass is 300 g/mol. The molecule has 0 unspecified atom stereocenters. The van der Waals surface area contributed by atoms with E-state index in [0.29, 0.717) is 0 Å². The van der Waals surface area contributed by atoms with Crippen molar-refractivity contribution in [3.63, 3.8) is 0 Å². The molecule has 0 aliphatic rings. The number of rotatable bonds is 5.